The zero-order chi connectivity index (χ0) is 8.43. The predicted molar refractivity (Wildman–Crippen MR) is 45.7 cm³/mol. The van der Waals surface area contributed by atoms with Crippen LogP contribution >= 0.6 is 15.9 Å². The highest BCUT2D eigenvalue weighted by molar-refractivity contribution is 9.10. The van der Waals surface area contributed by atoms with Crippen molar-refractivity contribution in [1.82, 2.24) is 9.55 Å². The standard InChI is InChI=1S/C7H9BrN2O/c1-5(2)10-4-9-7(8)6(10)3-11/h3-5H,1-2H3. The van der Waals surface area contributed by atoms with Gasteiger partial charge in [-0.15, -0.1) is 0 Å². The van der Waals surface area contributed by atoms with Crippen LogP contribution in [0.4, 0.5) is 0 Å². The van der Waals surface area contributed by atoms with Crippen LogP contribution in [0, 0.1) is 0 Å². The molecule has 1 heterocycles. The van der Waals surface area contributed by atoms with Gasteiger partial charge in [0, 0.05) is 6.04 Å². The minimum atomic E-state index is 0.272. The van der Waals surface area contributed by atoms with E-state index in [1.165, 1.54) is 0 Å². The Bertz CT molecular complexity index is 267. The number of aromatic nitrogens is 2. The molecule has 60 valence electrons. The van der Waals surface area contributed by atoms with E-state index in [-0.39, 0.29) is 6.04 Å². The van der Waals surface area contributed by atoms with Crippen molar-refractivity contribution in [2.24, 2.45) is 0 Å². The fourth-order valence-corrected chi connectivity index (χ4v) is 1.26. The number of imidazole rings is 1. The van der Waals surface area contributed by atoms with Crippen molar-refractivity contribution in [3.63, 3.8) is 0 Å². The van der Waals surface area contributed by atoms with Crippen molar-refractivity contribution in [2.45, 2.75) is 19.9 Å². The van der Waals surface area contributed by atoms with Crippen molar-refractivity contribution < 1.29 is 4.79 Å². The van der Waals surface area contributed by atoms with Gasteiger partial charge in [0.15, 0.2) is 6.29 Å². The molecule has 1 aromatic heterocycles. The van der Waals surface area contributed by atoms with Crippen molar-refractivity contribution in [3.8, 4) is 0 Å². The summed E-state index contributed by atoms with van der Waals surface area (Å²) >= 11 is 3.18. The highest BCUT2D eigenvalue weighted by Crippen LogP contribution is 2.16. The Morgan fingerprint density at radius 1 is 1.73 bits per heavy atom. The van der Waals surface area contributed by atoms with Gasteiger partial charge in [0.25, 0.3) is 0 Å². The molecule has 0 aliphatic rings. The molecule has 0 N–H and O–H groups in total. The molecule has 0 spiro atoms. The van der Waals surface area contributed by atoms with Crippen LogP contribution in [0.5, 0.6) is 0 Å². The van der Waals surface area contributed by atoms with Crippen LogP contribution in [0.25, 0.3) is 0 Å². The van der Waals surface area contributed by atoms with Crippen molar-refractivity contribution >= 4 is 22.2 Å². The molecule has 0 saturated heterocycles. The lowest BCUT2D eigenvalue weighted by molar-refractivity contribution is 0.111. The molecule has 0 unspecified atom stereocenters. The lowest BCUT2D eigenvalue weighted by Gasteiger charge is -2.06. The van der Waals surface area contributed by atoms with E-state index in [4.69, 9.17) is 0 Å². The van der Waals surface area contributed by atoms with Gasteiger partial charge in [-0.2, -0.15) is 0 Å². The minimum Gasteiger partial charge on any atom is -0.325 e. The molecule has 0 fully saturated rings. The average Bonchev–Trinajstić information content (AvgIpc) is 2.30. The summed E-state index contributed by atoms with van der Waals surface area (Å²) in [6, 6.07) is 0.272. The molecule has 4 heteroatoms. The van der Waals surface area contributed by atoms with Gasteiger partial charge in [-0.25, -0.2) is 4.98 Å². The Morgan fingerprint density at radius 3 is 2.73 bits per heavy atom. The zero-order valence-electron chi connectivity index (χ0n) is 6.41. The van der Waals surface area contributed by atoms with E-state index >= 15 is 0 Å². The number of carbonyl (C=O) groups excluding carboxylic acids is 1. The Labute approximate surface area is 73.6 Å². The molecule has 1 rings (SSSR count). The normalized spacial score (nSPS) is 10.5. The van der Waals surface area contributed by atoms with E-state index in [0.717, 1.165) is 6.29 Å². The van der Waals surface area contributed by atoms with Gasteiger partial charge >= 0.3 is 0 Å². The summed E-state index contributed by atoms with van der Waals surface area (Å²) in [5.74, 6) is 0. The summed E-state index contributed by atoms with van der Waals surface area (Å²) in [5.41, 5.74) is 0.597. The predicted octanol–water partition coefficient (Wildman–Crippen LogP) is 2.04. The summed E-state index contributed by atoms with van der Waals surface area (Å²) in [6.45, 7) is 4.00. The van der Waals surface area contributed by atoms with E-state index in [1.807, 2.05) is 18.4 Å². The largest absolute Gasteiger partial charge is 0.325 e. The van der Waals surface area contributed by atoms with E-state index < -0.39 is 0 Å². The highest BCUT2D eigenvalue weighted by atomic mass is 79.9. The number of hydrogen-bond acceptors (Lipinski definition) is 2. The first-order valence-corrected chi connectivity index (χ1v) is 4.13. The van der Waals surface area contributed by atoms with Crippen LogP contribution in [0.2, 0.25) is 0 Å². The van der Waals surface area contributed by atoms with Crippen molar-refractivity contribution in [1.29, 1.82) is 0 Å². The van der Waals surface area contributed by atoms with Crippen molar-refractivity contribution in [2.75, 3.05) is 0 Å². The number of hydrogen-bond donors (Lipinski definition) is 0. The molecule has 0 amide bonds. The maximum Gasteiger partial charge on any atom is 0.169 e. The van der Waals surface area contributed by atoms with Crippen molar-refractivity contribution in [3.05, 3.63) is 16.6 Å². The Morgan fingerprint density at radius 2 is 2.36 bits per heavy atom. The molecule has 3 nitrogen and oxygen atoms in total. The quantitative estimate of drug-likeness (QED) is 0.710. The summed E-state index contributed by atoms with van der Waals surface area (Å²) in [5, 5.41) is 0. The fourth-order valence-electron chi connectivity index (χ4n) is 0.869. The Balaban J connectivity index is 3.15. The second-order valence-corrected chi connectivity index (χ2v) is 3.29. The lowest BCUT2D eigenvalue weighted by Crippen LogP contribution is -2.03. The summed E-state index contributed by atoms with van der Waals surface area (Å²) in [7, 11) is 0. The molecular formula is C7H9BrN2O. The summed E-state index contributed by atoms with van der Waals surface area (Å²) < 4.78 is 2.43. The summed E-state index contributed by atoms with van der Waals surface area (Å²) in [4.78, 5) is 14.5. The maximum absolute atomic E-state index is 10.5. The van der Waals surface area contributed by atoms with Gasteiger partial charge in [-0.05, 0) is 29.8 Å². The first-order valence-electron chi connectivity index (χ1n) is 3.34. The molecule has 0 aliphatic heterocycles. The Kier molecular flexibility index (Phi) is 2.44. The average molecular weight is 217 g/mol. The number of nitrogens with zero attached hydrogens (tertiary/aromatic N) is 2. The van der Waals surface area contributed by atoms with Gasteiger partial charge < -0.3 is 4.57 Å². The molecule has 0 radical (unpaired) electrons. The van der Waals surface area contributed by atoms with Crippen LogP contribution in [-0.4, -0.2) is 15.8 Å². The zero-order valence-corrected chi connectivity index (χ0v) is 8.00. The molecule has 0 saturated carbocycles. The van der Waals surface area contributed by atoms with Crippen LogP contribution in [0.1, 0.15) is 30.4 Å². The first-order chi connectivity index (χ1) is 5.16. The van der Waals surface area contributed by atoms with E-state index in [1.54, 1.807) is 6.33 Å². The van der Waals surface area contributed by atoms with Gasteiger partial charge in [0.2, 0.25) is 0 Å². The van der Waals surface area contributed by atoms with E-state index in [0.29, 0.717) is 10.3 Å². The molecule has 0 atom stereocenters. The van der Waals surface area contributed by atoms with Crippen LogP contribution in [-0.2, 0) is 0 Å². The monoisotopic (exact) mass is 216 g/mol. The van der Waals surface area contributed by atoms with Gasteiger partial charge in [-0.3, -0.25) is 4.79 Å². The molecule has 0 bridgehead atoms. The SMILES string of the molecule is CC(C)n1cnc(Br)c1C=O. The Hall–Kier alpha value is -0.640. The number of halogens is 1. The highest BCUT2D eigenvalue weighted by Gasteiger charge is 2.08. The fraction of sp³-hybridized carbons (Fsp3) is 0.429. The second kappa shape index (κ2) is 3.17. The number of carbonyl (C=O) groups is 1. The molecule has 0 aliphatic carbocycles. The smallest absolute Gasteiger partial charge is 0.169 e. The van der Waals surface area contributed by atoms with Gasteiger partial charge in [0.05, 0.1) is 6.33 Å². The third kappa shape index (κ3) is 1.50. The molecule has 1 aromatic rings. The van der Waals surface area contributed by atoms with Gasteiger partial charge in [0.1, 0.15) is 10.3 Å². The van der Waals surface area contributed by atoms with Crippen LogP contribution < -0.4 is 0 Å². The molecule has 11 heavy (non-hydrogen) atoms. The topological polar surface area (TPSA) is 34.9 Å². The third-order valence-corrected chi connectivity index (χ3v) is 2.06. The second-order valence-electron chi connectivity index (χ2n) is 2.54. The maximum atomic E-state index is 10.5. The minimum absolute atomic E-state index is 0.272. The number of aldehydes is 1. The van der Waals surface area contributed by atoms with E-state index in [2.05, 4.69) is 20.9 Å². The number of rotatable bonds is 2. The molecule has 0 aromatic carbocycles. The van der Waals surface area contributed by atoms with Crippen LogP contribution in [0.3, 0.4) is 0 Å². The molecular weight excluding hydrogens is 208 g/mol. The lowest BCUT2D eigenvalue weighted by atomic mass is 10.3. The third-order valence-electron chi connectivity index (χ3n) is 1.45. The first kappa shape index (κ1) is 8.46. The summed E-state index contributed by atoms with van der Waals surface area (Å²) in [6.07, 6.45) is 2.45. The van der Waals surface area contributed by atoms with Crippen LogP contribution in [0.15, 0.2) is 10.9 Å². The van der Waals surface area contributed by atoms with E-state index in [9.17, 15) is 4.79 Å². The van der Waals surface area contributed by atoms with Gasteiger partial charge in [-0.1, -0.05) is 0 Å².